The molecule has 4 heterocycles. The van der Waals surface area contributed by atoms with Crippen molar-refractivity contribution < 1.29 is 21.1 Å². The van der Waals surface area contributed by atoms with Crippen LogP contribution in [-0.4, -0.2) is 37.4 Å². The fourth-order valence-corrected chi connectivity index (χ4v) is 5.77. The molecule has 0 aliphatic carbocycles. The summed E-state index contributed by atoms with van der Waals surface area (Å²) in [5.41, 5.74) is 6.87. The Balaban J connectivity index is 0.00000245. The van der Waals surface area contributed by atoms with E-state index in [0.717, 1.165) is 51.3 Å². The van der Waals surface area contributed by atoms with Crippen molar-refractivity contribution in [3.63, 3.8) is 0 Å². The zero-order chi connectivity index (χ0) is 21.6. The van der Waals surface area contributed by atoms with Gasteiger partial charge in [0.05, 0.1) is 21.4 Å². The number of piperidine rings is 1. The molecule has 0 unspecified atom stereocenters. The van der Waals surface area contributed by atoms with Crippen LogP contribution in [0.4, 0.5) is 5.82 Å². The SMILES string of the molecule is CC1(C)CC(Nc2ccc(-c3ccc(-c4cn[n-]c4)c4ncsc34)nn2)CC(C)(C)N1.[W]. The molecule has 5 rings (SSSR count). The van der Waals surface area contributed by atoms with Crippen molar-refractivity contribution in [1.82, 2.24) is 30.7 Å². The number of anilines is 1. The molecule has 2 N–H and O–H groups in total. The van der Waals surface area contributed by atoms with Gasteiger partial charge >= 0.3 is 0 Å². The second-order valence-corrected chi connectivity index (χ2v) is 10.4. The first kappa shape index (κ1) is 23.0. The summed E-state index contributed by atoms with van der Waals surface area (Å²) >= 11 is 1.61. The van der Waals surface area contributed by atoms with Gasteiger partial charge < -0.3 is 20.8 Å². The predicted molar refractivity (Wildman–Crippen MR) is 125 cm³/mol. The van der Waals surface area contributed by atoms with Crippen molar-refractivity contribution in [2.45, 2.75) is 57.7 Å². The number of benzene rings is 1. The van der Waals surface area contributed by atoms with Crippen molar-refractivity contribution in [3.05, 3.63) is 42.2 Å². The van der Waals surface area contributed by atoms with Crippen LogP contribution >= 0.6 is 11.3 Å². The van der Waals surface area contributed by atoms with Gasteiger partial charge in [-0.1, -0.05) is 12.1 Å². The number of hydrogen-bond acceptors (Lipinski definition) is 7. The first-order chi connectivity index (χ1) is 14.8. The molecule has 0 atom stereocenters. The molecular formula is C23H26N7SW-. The summed E-state index contributed by atoms with van der Waals surface area (Å²) < 4.78 is 1.09. The third-order valence-corrected chi connectivity index (χ3v) is 6.60. The van der Waals surface area contributed by atoms with E-state index in [1.165, 1.54) is 0 Å². The molecule has 9 heteroatoms. The molecule has 32 heavy (non-hydrogen) atoms. The molecule has 1 saturated heterocycles. The topological polar surface area (TPSA) is 89.7 Å². The van der Waals surface area contributed by atoms with Gasteiger partial charge in [-0.2, -0.15) is 6.20 Å². The van der Waals surface area contributed by atoms with E-state index in [2.05, 4.69) is 75.8 Å². The van der Waals surface area contributed by atoms with Gasteiger partial charge in [0, 0.05) is 55.5 Å². The molecule has 1 aliphatic rings. The van der Waals surface area contributed by atoms with Gasteiger partial charge in [-0.25, -0.2) is 4.98 Å². The van der Waals surface area contributed by atoms with Gasteiger partial charge in [-0.05, 0) is 58.2 Å². The summed E-state index contributed by atoms with van der Waals surface area (Å²) in [6, 6.07) is 8.55. The van der Waals surface area contributed by atoms with Crippen molar-refractivity contribution in [3.8, 4) is 22.4 Å². The van der Waals surface area contributed by atoms with Crippen LogP contribution in [0, 0.1) is 0 Å². The summed E-state index contributed by atoms with van der Waals surface area (Å²) in [6.07, 6.45) is 5.59. The maximum absolute atomic E-state index is 4.58. The van der Waals surface area contributed by atoms with E-state index < -0.39 is 0 Å². The Kier molecular flexibility index (Phi) is 6.23. The minimum Gasteiger partial charge on any atom is -0.581 e. The zero-order valence-electron chi connectivity index (χ0n) is 18.6. The van der Waals surface area contributed by atoms with Gasteiger partial charge in [0.2, 0.25) is 0 Å². The third kappa shape index (κ3) is 4.63. The number of rotatable bonds is 4. The number of fused-ring (bicyclic) bond motifs is 1. The molecule has 1 fully saturated rings. The van der Waals surface area contributed by atoms with E-state index in [9.17, 15) is 0 Å². The average Bonchev–Trinajstić information content (AvgIpc) is 3.38. The Bertz CT molecular complexity index is 1180. The molecule has 0 saturated carbocycles. The largest absolute Gasteiger partial charge is 0.581 e. The maximum Gasteiger partial charge on any atom is 0.148 e. The molecule has 7 nitrogen and oxygen atoms in total. The molecule has 166 valence electrons. The molecule has 0 bridgehead atoms. The van der Waals surface area contributed by atoms with Crippen LogP contribution in [0.5, 0.6) is 0 Å². The van der Waals surface area contributed by atoms with Gasteiger partial charge in [-0.15, -0.1) is 21.5 Å². The molecule has 0 radical (unpaired) electrons. The molecular weight excluding hydrogens is 590 g/mol. The average molecular weight is 616 g/mol. The summed E-state index contributed by atoms with van der Waals surface area (Å²) in [5.74, 6) is 0.813. The quantitative estimate of drug-likeness (QED) is 0.350. The molecule has 0 spiro atoms. The van der Waals surface area contributed by atoms with Crippen molar-refractivity contribution >= 4 is 27.4 Å². The van der Waals surface area contributed by atoms with Gasteiger partial charge in [0.25, 0.3) is 0 Å². The fourth-order valence-electron chi connectivity index (χ4n) is 4.93. The van der Waals surface area contributed by atoms with E-state index in [1.807, 2.05) is 17.6 Å². The summed E-state index contributed by atoms with van der Waals surface area (Å²) in [4.78, 5) is 4.58. The van der Waals surface area contributed by atoms with Gasteiger partial charge in [-0.3, -0.25) is 0 Å². The maximum atomic E-state index is 4.58. The Hall–Kier alpha value is -2.15. The second-order valence-electron chi connectivity index (χ2n) is 9.58. The van der Waals surface area contributed by atoms with Crippen LogP contribution < -0.4 is 15.7 Å². The van der Waals surface area contributed by atoms with E-state index in [-0.39, 0.29) is 32.1 Å². The Morgan fingerprint density at radius 2 is 1.78 bits per heavy atom. The molecule has 4 aromatic rings. The van der Waals surface area contributed by atoms with Crippen LogP contribution in [0.1, 0.15) is 40.5 Å². The first-order valence-electron chi connectivity index (χ1n) is 10.5. The summed E-state index contributed by atoms with van der Waals surface area (Å²) in [7, 11) is 0. The van der Waals surface area contributed by atoms with Crippen LogP contribution in [0.2, 0.25) is 0 Å². The van der Waals surface area contributed by atoms with Crippen LogP contribution in [0.3, 0.4) is 0 Å². The zero-order valence-corrected chi connectivity index (χ0v) is 22.3. The van der Waals surface area contributed by atoms with E-state index >= 15 is 0 Å². The number of aromatic nitrogens is 5. The standard InChI is InChI=1S/C23H26N7S.W/c1-22(2)9-15(10-23(3,4)30-22)27-19-8-7-18(28-29-19)17-6-5-16(14-11-25-26-12-14)20-21(17)31-13-24-20;/h5-8,11-13,15,30H,9-10H2,1-4H3,(H-,25,26,27,29);/q-1;. The Labute approximate surface area is 206 Å². The molecule has 1 aliphatic heterocycles. The number of hydrogen-bond donors (Lipinski definition) is 2. The molecule has 1 aromatic carbocycles. The van der Waals surface area contributed by atoms with Crippen molar-refractivity contribution in [1.29, 1.82) is 0 Å². The number of nitrogens with zero attached hydrogens (tertiary/aromatic N) is 5. The number of thiazole rings is 1. The van der Waals surface area contributed by atoms with E-state index in [4.69, 9.17) is 0 Å². The van der Waals surface area contributed by atoms with E-state index in [0.29, 0.717) is 6.04 Å². The van der Waals surface area contributed by atoms with Crippen LogP contribution in [-0.2, 0) is 21.1 Å². The second kappa shape index (κ2) is 8.65. The van der Waals surface area contributed by atoms with Crippen molar-refractivity contribution in [2.75, 3.05) is 5.32 Å². The van der Waals surface area contributed by atoms with E-state index in [1.54, 1.807) is 23.7 Å². The third-order valence-electron chi connectivity index (χ3n) is 5.74. The van der Waals surface area contributed by atoms with Crippen LogP contribution in [0.25, 0.3) is 32.6 Å². The fraction of sp³-hybridized carbons (Fsp3) is 0.391. The number of nitrogens with one attached hydrogen (secondary N) is 2. The molecule has 0 amide bonds. The summed E-state index contributed by atoms with van der Waals surface area (Å²) in [6.45, 7) is 9.01. The monoisotopic (exact) mass is 616 g/mol. The summed E-state index contributed by atoms with van der Waals surface area (Å²) in [5, 5.41) is 24.2. The smallest absolute Gasteiger partial charge is 0.148 e. The normalized spacial score (nSPS) is 17.8. The van der Waals surface area contributed by atoms with Crippen molar-refractivity contribution in [2.24, 2.45) is 0 Å². The minimum absolute atomic E-state index is 0. The Morgan fingerprint density at radius 1 is 1.03 bits per heavy atom. The molecule has 3 aromatic heterocycles. The van der Waals surface area contributed by atoms with Gasteiger partial charge in [0.1, 0.15) is 5.82 Å². The van der Waals surface area contributed by atoms with Gasteiger partial charge in [0.15, 0.2) is 0 Å². The van der Waals surface area contributed by atoms with Crippen LogP contribution in [0.15, 0.2) is 42.2 Å². The Morgan fingerprint density at radius 3 is 2.44 bits per heavy atom. The predicted octanol–water partition coefficient (Wildman–Crippen LogP) is 4.49. The minimum atomic E-state index is 0. The first-order valence-corrected chi connectivity index (χ1v) is 11.4.